The van der Waals surface area contributed by atoms with E-state index in [-0.39, 0.29) is 33.9 Å². The van der Waals surface area contributed by atoms with E-state index >= 15 is 0 Å². The van der Waals surface area contributed by atoms with Gasteiger partial charge in [-0.1, -0.05) is 41.4 Å². The minimum Gasteiger partial charge on any atom is -0.619 e. The number of amides is 1. The van der Waals surface area contributed by atoms with E-state index in [1.54, 1.807) is 26.2 Å². The zero-order valence-corrected chi connectivity index (χ0v) is 27.5. The van der Waals surface area contributed by atoms with Crippen LogP contribution in [0.15, 0.2) is 54.9 Å². The number of hydrogen-bond donors (Lipinski definition) is 0. The van der Waals surface area contributed by atoms with Crippen LogP contribution in [0.5, 0.6) is 11.5 Å². The molecule has 2 unspecified atom stereocenters. The van der Waals surface area contributed by atoms with Gasteiger partial charge in [-0.2, -0.15) is 13.5 Å². The third-order valence-electron chi connectivity index (χ3n) is 7.61. The highest BCUT2D eigenvalue weighted by molar-refractivity contribution is 8.00. The number of carbonyl (C=O) groups is 2. The minimum absolute atomic E-state index is 0.000114. The fourth-order valence-corrected chi connectivity index (χ4v) is 6.73. The third kappa shape index (κ3) is 8.72. The van der Waals surface area contributed by atoms with Crippen molar-refractivity contribution >= 4 is 46.8 Å². The van der Waals surface area contributed by atoms with Crippen molar-refractivity contribution in [3.8, 4) is 11.5 Å². The standard InChI is InChI=1S/C32H33Cl2F2N3O6S/c1-37(2)29(40)21-7-5-19(6-8-21)15-38-11-12-46-30(38)31(41)44-27(14-23-24(33)16-39(42)17-25(23)34)22-9-10-26(45-32(35)36)28(13-22)43-18-20-3-4-20/h5-10,13,16-17,20,27,30,32H,3-4,11-12,14-15,18H2,1-2H3. The number of alkyl halides is 2. The smallest absolute Gasteiger partial charge is 0.387 e. The van der Waals surface area contributed by atoms with Crippen molar-refractivity contribution < 1.29 is 37.3 Å². The molecule has 2 heterocycles. The molecule has 0 N–H and O–H groups in total. The van der Waals surface area contributed by atoms with Gasteiger partial charge < -0.3 is 24.3 Å². The Labute approximate surface area is 279 Å². The molecule has 2 aromatic carbocycles. The first-order valence-corrected chi connectivity index (χ1v) is 16.4. The number of hydrogen-bond acceptors (Lipinski definition) is 8. The molecular formula is C32H33Cl2F2N3O6S. The summed E-state index contributed by atoms with van der Waals surface area (Å²) >= 11 is 14.2. The van der Waals surface area contributed by atoms with Crippen molar-refractivity contribution in [1.82, 2.24) is 9.80 Å². The monoisotopic (exact) mass is 695 g/mol. The van der Waals surface area contributed by atoms with Crippen LogP contribution in [0.25, 0.3) is 0 Å². The Bertz CT molecular complexity index is 1540. The Morgan fingerprint density at radius 1 is 1.09 bits per heavy atom. The van der Waals surface area contributed by atoms with Crippen molar-refractivity contribution in [1.29, 1.82) is 0 Å². The second-order valence-electron chi connectivity index (χ2n) is 11.4. The first-order valence-electron chi connectivity index (χ1n) is 14.6. The number of benzene rings is 2. The molecule has 246 valence electrons. The average molecular weight is 697 g/mol. The number of carbonyl (C=O) groups excluding carboxylic acids is 2. The minimum atomic E-state index is -3.06. The molecule has 0 spiro atoms. The summed E-state index contributed by atoms with van der Waals surface area (Å²) in [5, 5.41) is 11.4. The predicted molar refractivity (Wildman–Crippen MR) is 170 cm³/mol. The molecule has 14 heteroatoms. The van der Waals surface area contributed by atoms with Gasteiger partial charge in [0.05, 0.1) is 6.61 Å². The summed E-state index contributed by atoms with van der Waals surface area (Å²) in [6.45, 7) is -1.64. The maximum absolute atomic E-state index is 13.8. The van der Waals surface area contributed by atoms with Gasteiger partial charge in [0.2, 0.25) is 0 Å². The molecule has 1 aliphatic carbocycles. The lowest BCUT2D eigenvalue weighted by Crippen LogP contribution is -2.36. The number of thioether (sulfide) groups is 1. The summed E-state index contributed by atoms with van der Waals surface area (Å²) < 4.78 is 43.5. The van der Waals surface area contributed by atoms with Gasteiger partial charge in [-0.05, 0) is 54.2 Å². The number of ether oxygens (including phenoxy) is 3. The summed E-state index contributed by atoms with van der Waals surface area (Å²) in [6.07, 6.45) is 3.32. The van der Waals surface area contributed by atoms with Crippen molar-refractivity contribution in [2.24, 2.45) is 5.92 Å². The van der Waals surface area contributed by atoms with E-state index in [9.17, 15) is 23.6 Å². The van der Waals surface area contributed by atoms with Crippen LogP contribution < -0.4 is 14.2 Å². The SMILES string of the molecule is CN(C)C(=O)c1ccc(CN2CCSC2C(=O)OC(Cc2c(Cl)c[n+]([O-])cc2Cl)c2ccc(OC(F)F)c(OCC3CC3)c2)cc1. The number of nitrogens with zero attached hydrogens (tertiary/aromatic N) is 3. The zero-order valence-electron chi connectivity index (χ0n) is 25.2. The van der Waals surface area contributed by atoms with Crippen molar-refractivity contribution in [3.05, 3.63) is 92.4 Å². The van der Waals surface area contributed by atoms with Gasteiger partial charge in [0.1, 0.15) is 16.1 Å². The van der Waals surface area contributed by atoms with E-state index in [2.05, 4.69) is 0 Å². The predicted octanol–water partition coefficient (Wildman–Crippen LogP) is 6.12. The molecule has 1 aliphatic heterocycles. The summed E-state index contributed by atoms with van der Waals surface area (Å²) in [4.78, 5) is 29.5. The fraction of sp³-hybridized carbons (Fsp3) is 0.406. The average Bonchev–Trinajstić information content (AvgIpc) is 3.73. The van der Waals surface area contributed by atoms with Crippen LogP contribution in [-0.4, -0.2) is 66.7 Å². The van der Waals surface area contributed by atoms with Gasteiger partial charge in [-0.25, -0.2) is 4.79 Å². The van der Waals surface area contributed by atoms with Crippen LogP contribution in [0.3, 0.4) is 0 Å². The van der Waals surface area contributed by atoms with Gasteiger partial charge in [-0.15, -0.1) is 11.8 Å². The molecule has 1 saturated carbocycles. The van der Waals surface area contributed by atoms with Crippen LogP contribution in [0.4, 0.5) is 8.78 Å². The molecule has 2 atom stereocenters. The van der Waals surface area contributed by atoms with Gasteiger partial charge in [0.25, 0.3) is 5.91 Å². The van der Waals surface area contributed by atoms with E-state index in [0.29, 0.717) is 52.8 Å². The second kappa shape index (κ2) is 15.1. The molecule has 2 aliphatic rings. The van der Waals surface area contributed by atoms with Crippen LogP contribution in [0.2, 0.25) is 10.0 Å². The van der Waals surface area contributed by atoms with Gasteiger partial charge in [-0.3, -0.25) is 9.69 Å². The number of rotatable bonds is 13. The molecule has 5 rings (SSSR count). The molecule has 1 saturated heterocycles. The van der Waals surface area contributed by atoms with Crippen molar-refractivity contribution in [2.45, 2.75) is 43.9 Å². The highest BCUT2D eigenvalue weighted by Crippen LogP contribution is 2.38. The highest BCUT2D eigenvalue weighted by Gasteiger charge is 2.35. The summed E-state index contributed by atoms with van der Waals surface area (Å²) in [6, 6.07) is 11.6. The molecule has 1 aromatic heterocycles. The Morgan fingerprint density at radius 3 is 2.41 bits per heavy atom. The Hall–Kier alpha value is -3.32. The maximum Gasteiger partial charge on any atom is 0.387 e. The van der Waals surface area contributed by atoms with Crippen molar-refractivity contribution in [3.63, 3.8) is 0 Å². The molecule has 0 radical (unpaired) electrons. The largest absolute Gasteiger partial charge is 0.619 e. The number of aromatic nitrogens is 1. The van der Waals surface area contributed by atoms with E-state index in [4.69, 9.17) is 37.4 Å². The summed E-state index contributed by atoms with van der Waals surface area (Å²) in [5.41, 5.74) is 2.31. The highest BCUT2D eigenvalue weighted by atomic mass is 35.5. The number of esters is 1. The molecule has 46 heavy (non-hydrogen) atoms. The number of halogens is 4. The Balaban J connectivity index is 1.39. The van der Waals surface area contributed by atoms with E-state index in [1.165, 1.54) is 34.9 Å². The fourth-order valence-electron chi connectivity index (χ4n) is 4.99. The molecule has 0 bridgehead atoms. The van der Waals surface area contributed by atoms with Gasteiger partial charge >= 0.3 is 12.6 Å². The van der Waals surface area contributed by atoms with Crippen LogP contribution in [-0.2, 0) is 22.5 Å². The normalized spacial score (nSPS) is 17.2. The first-order chi connectivity index (χ1) is 22.0. The molecule has 1 amide bonds. The molecule has 3 aromatic rings. The lowest BCUT2D eigenvalue weighted by atomic mass is 10.0. The first kappa shape index (κ1) is 34.0. The van der Waals surface area contributed by atoms with E-state index in [0.717, 1.165) is 30.8 Å². The lowest BCUT2D eigenvalue weighted by molar-refractivity contribution is -0.605. The Morgan fingerprint density at radius 2 is 1.78 bits per heavy atom. The van der Waals surface area contributed by atoms with E-state index in [1.807, 2.05) is 17.0 Å². The quantitative estimate of drug-likeness (QED) is 0.120. The van der Waals surface area contributed by atoms with Gasteiger partial charge in [0, 0.05) is 50.5 Å². The lowest BCUT2D eigenvalue weighted by Gasteiger charge is -2.26. The van der Waals surface area contributed by atoms with E-state index < -0.39 is 24.1 Å². The molecular weight excluding hydrogens is 663 g/mol. The van der Waals surface area contributed by atoms with Crippen LogP contribution >= 0.6 is 35.0 Å². The summed E-state index contributed by atoms with van der Waals surface area (Å²) in [7, 11) is 3.38. The molecule has 9 nitrogen and oxygen atoms in total. The van der Waals surface area contributed by atoms with Crippen LogP contribution in [0, 0.1) is 11.1 Å². The summed E-state index contributed by atoms with van der Waals surface area (Å²) in [5.74, 6) is 0.384. The molecule has 2 fully saturated rings. The zero-order chi connectivity index (χ0) is 33.0. The second-order valence-corrected chi connectivity index (χ2v) is 13.4. The van der Waals surface area contributed by atoms with Gasteiger partial charge in [0.15, 0.2) is 29.3 Å². The van der Waals surface area contributed by atoms with Crippen molar-refractivity contribution in [2.75, 3.05) is 33.0 Å². The number of pyridine rings is 1. The Kier molecular flexibility index (Phi) is 11.1. The topological polar surface area (TPSA) is 95.3 Å². The maximum atomic E-state index is 13.8. The van der Waals surface area contributed by atoms with Crippen LogP contribution in [0.1, 0.15) is 46.0 Å². The third-order valence-corrected chi connectivity index (χ3v) is 9.49.